The van der Waals surface area contributed by atoms with E-state index in [0.29, 0.717) is 0 Å². The largest absolute Gasteiger partial charge is 0.444 e. The first-order chi connectivity index (χ1) is 13.7. The third-order valence-electron chi connectivity index (χ3n) is 4.88. The second-order valence-corrected chi connectivity index (χ2v) is 8.52. The molecule has 1 fully saturated rings. The Morgan fingerprint density at radius 3 is 2.31 bits per heavy atom. The molecule has 0 aliphatic heterocycles. The molecule has 0 saturated heterocycles. The highest BCUT2D eigenvalue weighted by molar-refractivity contribution is 5.90. The van der Waals surface area contributed by atoms with Gasteiger partial charge >= 0.3 is 6.09 Å². The number of hydrogen-bond acceptors (Lipinski definition) is 4. The molecule has 1 aromatic carbocycles. The first-order valence-electron chi connectivity index (χ1n) is 10.2. The summed E-state index contributed by atoms with van der Waals surface area (Å²) in [4.78, 5) is 39.0. The van der Waals surface area contributed by atoms with Crippen LogP contribution in [0.4, 0.5) is 4.79 Å². The van der Waals surface area contributed by atoms with Crippen LogP contribution in [-0.2, 0) is 14.3 Å². The Kier molecular flexibility index (Phi) is 8.05. The molecule has 7 nitrogen and oxygen atoms in total. The smallest absolute Gasteiger partial charge is 0.408 e. The van der Waals surface area contributed by atoms with Gasteiger partial charge in [0.1, 0.15) is 18.2 Å². The summed E-state index contributed by atoms with van der Waals surface area (Å²) in [6.07, 6.45) is 4.67. The predicted octanol–water partition coefficient (Wildman–Crippen LogP) is 3.16. The average Bonchev–Trinajstić information content (AvgIpc) is 2.66. The summed E-state index contributed by atoms with van der Waals surface area (Å²) < 4.78 is 5.16. The molecule has 1 atom stereocenters. The molecule has 2 N–H and O–H groups in total. The van der Waals surface area contributed by atoms with Crippen LogP contribution in [0.1, 0.15) is 64.5 Å². The Labute approximate surface area is 173 Å². The SMILES string of the molecule is CN(C(=O)CNC(=O)OC(C)(C)C)C(C(=O)NC1CCCCC1)c1ccccc1. The van der Waals surface area contributed by atoms with Crippen molar-refractivity contribution in [2.75, 3.05) is 13.6 Å². The van der Waals surface area contributed by atoms with Gasteiger partial charge in [-0.2, -0.15) is 0 Å². The molecule has 0 spiro atoms. The van der Waals surface area contributed by atoms with Crippen molar-refractivity contribution in [1.29, 1.82) is 0 Å². The van der Waals surface area contributed by atoms with Gasteiger partial charge in [-0.05, 0) is 39.2 Å². The zero-order chi connectivity index (χ0) is 21.4. The van der Waals surface area contributed by atoms with Gasteiger partial charge in [-0.1, -0.05) is 49.6 Å². The van der Waals surface area contributed by atoms with Gasteiger partial charge in [0.25, 0.3) is 0 Å². The van der Waals surface area contributed by atoms with Crippen LogP contribution in [0.3, 0.4) is 0 Å². The van der Waals surface area contributed by atoms with Gasteiger partial charge in [-0.25, -0.2) is 4.79 Å². The quantitative estimate of drug-likeness (QED) is 0.764. The molecule has 1 aliphatic carbocycles. The molecule has 1 saturated carbocycles. The molecule has 1 aromatic rings. The van der Waals surface area contributed by atoms with Gasteiger partial charge in [-0.3, -0.25) is 9.59 Å². The van der Waals surface area contributed by atoms with Crippen molar-refractivity contribution in [1.82, 2.24) is 15.5 Å². The Morgan fingerprint density at radius 2 is 1.72 bits per heavy atom. The fraction of sp³-hybridized carbons (Fsp3) is 0.591. The highest BCUT2D eigenvalue weighted by Gasteiger charge is 2.30. The molecular formula is C22H33N3O4. The number of carbonyl (C=O) groups is 3. The van der Waals surface area contributed by atoms with Gasteiger partial charge < -0.3 is 20.3 Å². The number of amides is 3. The number of likely N-dealkylation sites (N-methyl/N-ethyl adjacent to an activating group) is 1. The highest BCUT2D eigenvalue weighted by atomic mass is 16.6. The van der Waals surface area contributed by atoms with Crippen molar-refractivity contribution in [2.45, 2.75) is 70.6 Å². The Balaban J connectivity index is 2.06. The number of carbonyl (C=O) groups excluding carboxylic acids is 3. The standard InChI is InChI=1S/C22H33N3O4/c1-22(2,3)29-21(28)23-15-18(26)25(4)19(16-11-7-5-8-12-16)20(27)24-17-13-9-6-10-14-17/h5,7-8,11-12,17,19H,6,9-10,13-15H2,1-4H3,(H,23,28)(H,24,27). The summed E-state index contributed by atoms with van der Waals surface area (Å²) in [5.41, 5.74) is 0.0832. The fourth-order valence-electron chi connectivity index (χ4n) is 3.44. The van der Waals surface area contributed by atoms with E-state index in [1.165, 1.54) is 11.3 Å². The average molecular weight is 404 g/mol. The van der Waals surface area contributed by atoms with Crippen molar-refractivity contribution in [3.8, 4) is 0 Å². The van der Waals surface area contributed by atoms with E-state index in [1.807, 2.05) is 30.3 Å². The van der Waals surface area contributed by atoms with Crippen LogP contribution in [0, 0.1) is 0 Å². The minimum atomic E-state index is -0.758. The normalized spacial score (nSPS) is 15.9. The van der Waals surface area contributed by atoms with Gasteiger partial charge in [0.15, 0.2) is 0 Å². The molecule has 29 heavy (non-hydrogen) atoms. The van der Waals surface area contributed by atoms with E-state index in [2.05, 4.69) is 10.6 Å². The van der Waals surface area contributed by atoms with Crippen LogP contribution in [-0.4, -0.2) is 48.0 Å². The van der Waals surface area contributed by atoms with E-state index in [1.54, 1.807) is 27.8 Å². The van der Waals surface area contributed by atoms with Crippen molar-refractivity contribution in [2.24, 2.45) is 0 Å². The number of benzene rings is 1. The van der Waals surface area contributed by atoms with Gasteiger partial charge in [0, 0.05) is 13.1 Å². The van der Waals surface area contributed by atoms with Crippen molar-refractivity contribution >= 4 is 17.9 Å². The lowest BCUT2D eigenvalue weighted by Crippen LogP contribution is -2.48. The molecule has 1 unspecified atom stereocenters. The second kappa shape index (κ2) is 10.3. The Bertz CT molecular complexity index is 694. The maximum atomic E-state index is 13.1. The molecule has 2 rings (SSSR count). The predicted molar refractivity (Wildman–Crippen MR) is 111 cm³/mol. The minimum Gasteiger partial charge on any atom is -0.444 e. The zero-order valence-electron chi connectivity index (χ0n) is 17.9. The van der Waals surface area contributed by atoms with E-state index in [4.69, 9.17) is 4.74 Å². The first-order valence-corrected chi connectivity index (χ1v) is 10.2. The summed E-state index contributed by atoms with van der Waals surface area (Å²) in [5.74, 6) is -0.570. The lowest BCUT2D eigenvalue weighted by molar-refractivity contribution is -0.139. The summed E-state index contributed by atoms with van der Waals surface area (Å²) in [7, 11) is 1.58. The van der Waals surface area contributed by atoms with Crippen molar-refractivity contribution in [3.63, 3.8) is 0 Å². The highest BCUT2D eigenvalue weighted by Crippen LogP contribution is 2.23. The van der Waals surface area contributed by atoms with Crippen LogP contribution in [0.25, 0.3) is 0 Å². The van der Waals surface area contributed by atoms with Crippen molar-refractivity contribution in [3.05, 3.63) is 35.9 Å². The summed E-state index contributed by atoms with van der Waals surface area (Å²) >= 11 is 0. The van der Waals surface area contributed by atoms with Crippen LogP contribution in [0.15, 0.2) is 30.3 Å². The van der Waals surface area contributed by atoms with Crippen molar-refractivity contribution < 1.29 is 19.1 Å². The molecule has 0 heterocycles. The molecule has 1 aliphatic rings. The zero-order valence-corrected chi connectivity index (χ0v) is 17.9. The molecule has 0 bridgehead atoms. The molecule has 160 valence electrons. The molecular weight excluding hydrogens is 370 g/mol. The van der Waals surface area contributed by atoms with Gasteiger partial charge in [0.2, 0.25) is 11.8 Å². The topological polar surface area (TPSA) is 87.7 Å². The van der Waals surface area contributed by atoms with E-state index in [9.17, 15) is 14.4 Å². The third kappa shape index (κ3) is 7.40. The van der Waals surface area contributed by atoms with E-state index < -0.39 is 17.7 Å². The van der Waals surface area contributed by atoms with E-state index in [0.717, 1.165) is 31.2 Å². The Morgan fingerprint density at radius 1 is 1.10 bits per heavy atom. The monoisotopic (exact) mass is 403 g/mol. The number of rotatable bonds is 6. The van der Waals surface area contributed by atoms with Crippen LogP contribution >= 0.6 is 0 Å². The second-order valence-electron chi connectivity index (χ2n) is 8.52. The number of nitrogens with zero attached hydrogens (tertiary/aromatic N) is 1. The maximum Gasteiger partial charge on any atom is 0.408 e. The van der Waals surface area contributed by atoms with E-state index >= 15 is 0 Å². The summed E-state index contributed by atoms with van der Waals surface area (Å²) in [6, 6.07) is 8.59. The molecule has 0 radical (unpaired) electrons. The van der Waals surface area contributed by atoms with Gasteiger partial charge in [-0.15, -0.1) is 0 Å². The number of alkyl carbamates (subject to hydrolysis) is 1. The fourth-order valence-corrected chi connectivity index (χ4v) is 3.44. The molecule has 3 amide bonds. The molecule has 0 aromatic heterocycles. The Hall–Kier alpha value is -2.57. The minimum absolute atomic E-state index is 0.144. The van der Waals surface area contributed by atoms with E-state index in [-0.39, 0.29) is 24.4 Å². The number of nitrogens with one attached hydrogen (secondary N) is 2. The maximum absolute atomic E-state index is 13.1. The van der Waals surface area contributed by atoms with Crippen LogP contribution in [0.5, 0.6) is 0 Å². The van der Waals surface area contributed by atoms with Gasteiger partial charge in [0.05, 0.1) is 0 Å². The lowest BCUT2D eigenvalue weighted by atomic mass is 9.94. The number of ether oxygens (including phenoxy) is 1. The summed E-state index contributed by atoms with van der Waals surface area (Å²) in [6.45, 7) is 5.01. The molecule has 7 heteroatoms. The van der Waals surface area contributed by atoms with Crippen LogP contribution < -0.4 is 10.6 Å². The summed E-state index contributed by atoms with van der Waals surface area (Å²) in [5, 5.41) is 5.57. The first kappa shape index (κ1) is 22.7. The third-order valence-corrected chi connectivity index (χ3v) is 4.88. The lowest BCUT2D eigenvalue weighted by Gasteiger charge is -2.31. The van der Waals surface area contributed by atoms with Crippen LogP contribution in [0.2, 0.25) is 0 Å². The number of hydrogen-bond donors (Lipinski definition) is 2.